The van der Waals surface area contributed by atoms with Crippen LogP contribution >= 0.6 is 0 Å². The maximum absolute atomic E-state index is 5.60. The summed E-state index contributed by atoms with van der Waals surface area (Å²) in [7, 11) is 0. The molecule has 14 heavy (non-hydrogen) atoms. The summed E-state index contributed by atoms with van der Waals surface area (Å²) in [6, 6.07) is 0.579. The van der Waals surface area contributed by atoms with Crippen LogP contribution in [-0.2, 0) is 6.54 Å². The third kappa shape index (κ3) is 2.01. The van der Waals surface area contributed by atoms with Crippen molar-refractivity contribution in [3.8, 4) is 0 Å². The summed E-state index contributed by atoms with van der Waals surface area (Å²) in [4.78, 5) is 8.17. The van der Waals surface area contributed by atoms with Crippen molar-refractivity contribution in [3.63, 3.8) is 0 Å². The van der Waals surface area contributed by atoms with Gasteiger partial charge in [0.25, 0.3) is 0 Å². The number of rotatable bonds is 3. The molecule has 2 rings (SSSR count). The van der Waals surface area contributed by atoms with Crippen molar-refractivity contribution in [2.24, 2.45) is 5.73 Å². The van der Waals surface area contributed by atoms with Gasteiger partial charge in [0.2, 0.25) is 0 Å². The molecule has 1 saturated carbocycles. The Balaban J connectivity index is 2.07. The quantitative estimate of drug-likeness (QED) is 0.757. The highest BCUT2D eigenvalue weighted by atomic mass is 15.0. The molecule has 0 aliphatic heterocycles. The van der Waals surface area contributed by atoms with E-state index in [1.54, 1.807) is 12.5 Å². The lowest BCUT2D eigenvalue weighted by molar-refractivity contribution is 0.746. The molecule has 0 unspecified atom stereocenters. The first-order chi connectivity index (χ1) is 6.90. The summed E-state index contributed by atoms with van der Waals surface area (Å²) >= 11 is 0. The average molecular weight is 192 g/mol. The Bertz CT molecular complexity index is 294. The van der Waals surface area contributed by atoms with Crippen molar-refractivity contribution in [1.82, 2.24) is 9.97 Å². The number of anilines is 1. The third-order valence-electron chi connectivity index (χ3n) is 2.70. The van der Waals surface area contributed by atoms with E-state index in [-0.39, 0.29) is 0 Å². The molecular weight excluding hydrogens is 176 g/mol. The average Bonchev–Trinajstić information content (AvgIpc) is 2.71. The Hall–Kier alpha value is -1.16. The molecule has 1 aromatic rings. The van der Waals surface area contributed by atoms with Gasteiger partial charge in [-0.1, -0.05) is 12.8 Å². The van der Waals surface area contributed by atoms with Gasteiger partial charge in [0, 0.05) is 24.3 Å². The van der Waals surface area contributed by atoms with Gasteiger partial charge in [-0.2, -0.15) is 0 Å². The van der Waals surface area contributed by atoms with Crippen molar-refractivity contribution < 1.29 is 0 Å². The first kappa shape index (κ1) is 9.40. The van der Waals surface area contributed by atoms with Crippen molar-refractivity contribution in [1.29, 1.82) is 0 Å². The molecule has 0 bridgehead atoms. The summed E-state index contributed by atoms with van der Waals surface area (Å²) in [6.07, 6.45) is 8.48. The second-order valence-electron chi connectivity index (χ2n) is 3.73. The van der Waals surface area contributed by atoms with E-state index in [4.69, 9.17) is 5.73 Å². The van der Waals surface area contributed by atoms with Gasteiger partial charge in [0.1, 0.15) is 12.1 Å². The van der Waals surface area contributed by atoms with Crippen LogP contribution in [0.15, 0.2) is 12.5 Å². The largest absolute Gasteiger partial charge is 0.367 e. The zero-order valence-electron chi connectivity index (χ0n) is 8.24. The second kappa shape index (κ2) is 4.37. The van der Waals surface area contributed by atoms with Crippen LogP contribution in [0.4, 0.5) is 5.82 Å². The minimum absolute atomic E-state index is 0.496. The lowest BCUT2D eigenvalue weighted by Gasteiger charge is -2.14. The van der Waals surface area contributed by atoms with Crippen LogP contribution in [0.5, 0.6) is 0 Å². The lowest BCUT2D eigenvalue weighted by atomic mass is 10.2. The van der Waals surface area contributed by atoms with E-state index in [1.807, 2.05) is 0 Å². The number of hydrogen-bond donors (Lipinski definition) is 2. The molecule has 1 aliphatic rings. The molecule has 1 heterocycles. The normalized spacial score (nSPS) is 17.2. The molecule has 1 aliphatic carbocycles. The highest BCUT2D eigenvalue weighted by Crippen LogP contribution is 2.22. The van der Waals surface area contributed by atoms with E-state index in [0.29, 0.717) is 12.6 Å². The molecule has 1 aromatic heterocycles. The first-order valence-electron chi connectivity index (χ1n) is 5.15. The fourth-order valence-corrected chi connectivity index (χ4v) is 1.90. The number of aromatic nitrogens is 2. The Labute approximate surface area is 83.9 Å². The van der Waals surface area contributed by atoms with Crippen LogP contribution in [-0.4, -0.2) is 16.0 Å². The van der Waals surface area contributed by atoms with Gasteiger partial charge in [-0.3, -0.25) is 0 Å². The zero-order chi connectivity index (χ0) is 9.80. The van der Waals surface area contributed by atoms with Crippen LogP contribution in [0.3, 0.4) is 0 Å². The molecular formula is C10H16N4. The van der Waals surface area contributed by atoms with E-state index in [9.17, 15) is 0 Å². The molecule has 76 valence electrons. The summed E-state index contributed by atoms with van der Waals surface area (Å²) in [5, 5.41) is 3.43. The number of nitrogens with two attached hydrogens (primary N) is 1. The van der Waals surface area contributed by atoms with Gasteiger partial charge in [0.05, 0.1) is 0 Å². The van der Waals surface area contributed by atoms with Crippen LogP contribution in [0, 0.1) is 0 Å². The van der Waals surface area contributed by atoms with E-state index in [0.717, 1.165) is 11.4 Å². The van der Waals surface area contributed by atoms with E-state index < -0.39 is 0 Å². The zero-order valence-corrected chi connectivity index (χ0v) is 8.24. The van der Waals surface area contributed by atoms with Crippen LogP contribution in [0.2, 0.25) is 0 Å². The Kier molecular flexibility index (Phi) is 2.93. The third-order valence-corrected chi connectivity index (χ3v) is 2.70. The topological polar surface area (TPSA) is 63.8 Å². The SMILES string of the molecule is NCc1cncnc1NC1CCCC1. The molecule has 3 N–H and O–H groups in total. The van der Waals surface area contributed by atoms with Crippen molar-refractivity contribution in [2.75, 3.05) is 5.32 Å². The van der Waals surface area contributed by atoms with Crippen molar-refractivity contribution >= 4 is 5.82 Å². The molecule has 0 atom stereocenters. The standard InChI is InChI=1S/C10H16N4/c11-5-8-6-12-7-13-10(8)14-9-3-1-2-4-9/h6-7,9H,1-5,11H2,(H,12,13,14). The predicted octanol–water partition coefficient (Wildman–Crippen LogP) is 1.29. The first-order valence-corrected chi connectivity index (χ1v) is 5.15. The highest BCUT2D eigenvalue weighted by Gasteiger charge is 2.15. The monoisotopic (exact) mass is 192 g/mol. The molecule has 0 spiro atoms. The fraction of sp³-hybridized carbons (Fsp3) is 0.600. The number of nitrogens with one attached hydrogen (secondary N) is 1. The smallest absolute Gasteiger partial charge is 0.134 e. The van der Waals surface area contributed by atoms with E-state index in [2.05, 4.69) is 15.3 Å². The summed E-state index contributed by atoms with van der Waals surface area (Å²) < 4.78 is 0. The number of nitrogens with zero attached hydrogens (tertiary/aromatic N) is 2. The van der Waals surface area contributed by atoms with Gasteiger partial charge in [-0.15, -0.1) is 0 Å². The Morgan fingerprint density at radius 2 is 2.21 bits per heavy atom. The van der Waals surface area contributed by atoms with Gasteiger partial charge in [-0.05, 0) is 12.8 Å². The molecule has 0 radical (unpaired) electrons. The van der Waals surface area contributed by atoms with Crippen molar-refractivity contribution in [3.05, 3.63) is 18.1 Å². The molecule has 0 amide bonds. The molecule has 0 aromatic carbocycles. The maximum Gasteiger partial charge on any atom is 0.134 e. The minimum atomic E-state index is 0.496. The second-order valence-corrected chi connectivity index (χ2v) is 3.73. The minimum Gasteiger partial charge on any atom is -0.367 e. The molecule has 1 fully saturated rings. The highest BCUT2D eigenvalue weighted by molar-refractivity contribution is 5.42. The van der Waals surface area contributed by atoms with E-state index in [1.165, 1.54) is 25.7 Å². The van der Waals surface area contributed by atoms with E-state index >= 15 is 0 Å². The van der Waals surface area contributed by atoms with Gasteiger partial charge in [0.15, 0.2) is 0 Å². The number of hydrogen-bond acceptors (Lipinski definition) is 4. The predicted molar refractivity (Wildman–Crippen MR) is 55.8 cm³/mol. The van der Waals surface area contributed by atoms with Crippen molar-refractivity contribution in [2.45, 2.75) is 38.3 Å². The Morgan fingerprint density at radius 3 is 2.93 bits per heavy atom. The maximum atomic E-state index is 5.60. The van der Waals surface area contributed by atoms with Crippen LogP contribution in [0.1, 0.15) is 31.2 Å². The van der Waals surface area contributed by atoms with Gasteiger partial charge >= 0.3 is 0 Å². The molecule has 4 nitrogen and oxygen atoms in total. The molecule has 4 heteroatoms. The summed E-state index contributed by atoms with van der Waals surface area (Å²) in [5.41, 5.74) is 6.60. The summed E-state index contributed by atoms with van der Waals surface area (Å²) in [5.74, 6) is 0.911. The molecule has 0 saturated heterocycles. The fourth-order valence-electron chi connectivity index (χ4n) is 1.90. The summed E-state index contributed by atoms with van der Waals surface area (Å²) in [6.45, 7) is 0.496. The van der Waals surface area contributed by atoms with Crippen LogP contribution < -0.4 is 11.1 Å². The van der Waals surface area contributed by atoms with Gasteiger partial charge in [-0.25, -0.2) is 9.97 Å². The lowest BCUT2D eigenvalue weighted by Crippen LogP contribution is -2.17. The van der Waals surface area contributed by atoms with Crippen LogP contribution in [0.25, 0.3) is 0 Å². The van der Waals surface area contributed by atoms with Gasteiger partial charge < -0.3 is 11.1 Å². The Morgan fingerprint density at radius 1 is 1.43 bits per heavy atom.